The van der Waals surface area contributed by atoms with Crippen LogP contribution in [0.3, 0.4) is 0 Å². The topological polar surface area (TPSA) is 35.0 Å². The van der Waals surface area contributed by atoms with E-state index in [1.807, 2.05) is 0 Å². The molecule has 0 aliphatic heterocycles. The molecule has 0 saturated heterocycles. The van der Waals surface area contributed by atoms with Crippen LogP contribution in [0.1, 0.15) is 37.4 Å². The normalized spacial score (nSPS) is 15.5. The van der Waals surface area contributed by atoms with Crippen LogP contribution < -0.4 is 0 Å². The highest BCUT2D eigenvalue weighted by molar-refractivity contribution is 6.17. The fourth-order valence-corrected chi connectivity index (χ4v) is 1.59. The van der Waals surface area contributed by atoms with E-state index in [4.69, 9.17) is 16.3 Å². The Morgan fingerprint density at radius 2 is 2.00 bits per heavy atom. The number of nitrogens with zero attached hydrogens (tertiary/aromatic N) is 2. The Hall–Kier alpha value is -0.880. The van der Waals surface area contributed by atoms with E-state index in [1.54, 1.807) is 13.8 Å². The number of halogens is 4. The predicted molar refractivity (Wildman–Crippen MR) is 61.2 cm³/mol. The highest BCUT2D eigenvalue weighted by Gasteiger charge is 2.38. The minimum Gasteiger partial charge on any atom is -0.371 e. The summed E-state index contributed by atoms with van der Waals surface area (Å²) in [5.74, 6) is -0.279. The molecule has 1 unspecified atom stereocenters. The van der Waals surface area contributed by atoms with E-state index >= 15 is 0 Å². The quantitative estimate of drug-likeness (QED) is 0.793. The number of hydrogen-bond donors (Lipinski definition) is 0. The van der Waals surface area contributed by atoms with E-state index in [2.05, 4.69) is 9.97 Å². The summed E-state index contributed by atoms with van der Waals surface area (Å²) in [6.07, 6.45) is -2.99. The lowest BCUT2D eigenvalue weighted by Crippen LogP contribution is -2.28. The lowest BCUT2D eigenvalue weighted by molar-refractivity contribution is -0.142. The first-order valence-corrected chi connectivity index (χ1v) is 5.86. The van der Waals surface area contributed by atoms with Crippen LogP contribution in [0.2, 0.25) is 0 Å². The number of hydrogen-bond acceptors (Lipinski definition) is 3. The molecular formula is C11H14ClF3N2O. The fraction of sp³-hybridized carbons (Fsp3) is 0.636. The van der Waals surface area contributed by atoms with Gasteiger partial charge >= 0.3 is 6.18 Å². The second-order valence-electron chi connectivity index (χ2n) is 3.99. The fourth-order valence-electron chi connectivity index (χ4n) is 1.40. The SMILES string of the molecule is CCC(C)(OC)c1ncc(CCl)c(C(F)(F)F)n1. The van der Waals surface area contributed by atoms with Gasteiger partial charge in [0, 0.05) is 18.9 Å². The number of alkyl halides is 4. The van der Waals surface area contributed by atoms with Crippen molar-refractivity contribution in [1.29, 1.82) is 0 Å². The van der Waals surface area contributed by atoms with Gasteiger partial charge in [0.1, 0.15) is 5.60 Å². The average molecular weight is 283 g/mol. The number of aromatic nitrogens is 2. The second kappa shape index (κ2) is 5.40. The first-order valence-electron chi connectivity index (χ1n) is 5.33. The van der Waals surface area contributed by atoms with Crippen molar-refractivity contribution in [1.82, 2.24) is 9.97 Å². The zero-order valence-corrected chi connectivity index (χ0v) is 11.1. The van der Waals surface area contributed by atoms with Gasteiger partial charge in [-0.2, -0.15) is 13.2 Å². The zero-order valence-electron chi connectivity index (χ0n) is 10.3. The van der Waals surface area contributed by atoms with Crippen LogP contribution in [-0.4, -0.2) is 17.1 Å². The van der Waals surface area contributed by atoms with Gasteiger partial charge in [-0.05, 0) is 13.3 Å². The van der Waals surface area contributed by atoms with E-state index in [-0.39, 0.29) is 17.3 Å². The molecule has 0 amide bonds. The summed E-state index contributed by atoms with van der Waals surface area (Å²) in [6, 6.07) is 0. The second-order valence-corrected chi connectivity index (χ2v) is 4.25. The smallest absolute Gasteiger partial charge is 0.371 e. The largest absolute Gasteiger partial charge is 0.433 e. The van der Waals surface area contributed by atoms with Gasteiger partial charge in [-0.15, -0.1) is 11.6 Å². The van der Waals surface area contributed by atoms with Crippen molar-refractivity contribution in [3.05, 3.63) is 23.3 Å². The summed E-state index contributed by atoms with van der Waals surface area (Å²) in [4.78, 5) is 7.50. The molecule has 0 bridgehead atoms. The third-order valence-electron chi connectivity index (χ3n) is 2.88. The average Bonchev–Trinajstić information content (AvgIpc) is 2.36. The van der Waals surface area contributed by atoms with Crippen LogP contribution in [0.25, 0.3) is 0 Å². The van der Waals surface area contributed by atoms with E-state index in [1.165, 1.54) is 7.11 Å². The molecule has 0 N–H and O–H groups in total. The minimum atomic E-state index is -4.55. The molecule has 1 heterocycles. The van der Waals surface area contributed by atoms with Gasteiger partial charge in [0.05, 0.1) is 5.88 Å². The van der Waals surface area contributed by atoms with Gasteiger partial charge in [0.2, 0.25) is 0 Å². The van der Waals surface area contributed by atoms with E-state index in [0.717, 1.165) is 6.20 Å². The standard InChI is InChI=1S/C11H14ClF3N2O/c1-4-10(2,18-3)9-16-6-7(5-12)8(17-9)11(13,14)15/h6H,4-5H2,1-3H3. The Morgan fingerprint density at radius 3 is 2.39 bits per heavy atom. The van der Waals surface area contributed by atoms with Crippen molar-refractivity contribution in [3.8, 4) is 0 Å². The maximum Gasteiger partial charge on any atom is 0.433 e. The molecule has 0 saturated carbocycles. The van der Waals surface area contributed by atoms with Crippen molar-refractivity contribution in [3.63, 3.8) is 0 Å². The summed E-state index contributed by atoms with van der Waals surface area (Å²) >= 11 is 5.46. The van der Waals surface area contributed by atoms with Crippen LogP contribution >= 0.6 is 11.6 Å². The van der Waals surface area contributed by atoms with Crippen molar-refractivity contribution >= 4 is 11.6 Å². The highest BCUT2D eigenvalue weighted by atomic mass is 35.5. The third kappa shape index (κ3) is 2.92. The summed E-state index contributed by atoms with van der Waals surface area (Å²) in [5.41, 5.74) is -2.08. The van der Waals surface area contributed by atoms with Crippen LogP contribution in [0.15, 0.2) is 6.20 Å². The zero-order chi connectivity index (χ0) is 14.0. The third-order valence-corrected chi connectivity index (χ3v) is 3.16. The lowest BCUT2D eigenvalue weighted by atomic mass is 10.0. The van der Waals surface area contributed by atoms with E-state index in [0.29, 0.717) is 6.42 Å². The van der Waals surface area contributed by atoms with Crippen LogP contribution in [-0.2, 0) is 22.4 Å². The van der Waals surface area contributed by atoms with Crippen molar-refractivity contribution < 1.29 is 17.9 Å². The Bertz CT molecular complexity index is 419. The van der Waals surface area contributed by atoms with Crippen molar-refractivity contribution in [2.45, 2.75) is 37.9 Å². The molecule has 1 rings (SSSR count). The molecule has 0 aromatic carbocycles. The number of rotatable bonds is 4. The van der Waals surface area contributed by atoms with Gasteiger partial charge < -0.3 is 4.74 Å². The van der Waals surface area contributed by atoms with Crippen LogP contribution in [0, 0.1) is 0 Å². The molecule has 0 radical (unpaired) electrons. The molecule has 18 heavy (non-hydrogen) atoms. The Balaban J connectivity index is 3.35. The van der Waals surface area contributed by atoms with Gasteiger partial charge in [0.25, 0.3) is 0 Å². The summed E-state index contributed by atoms with van der Waals surface area (Å²) in [5, 5.41) is 0. The van der Waals surface area contributed by atoms with Gasteiger partial charge in [-0.1, -0.05) is 6.92 Å². The molecule has 1 aromatic rings. The Morgan fingerprint density at radius 1 is 1.39 bits per heavy atom. The summed E-state index contributed by atoms with van der Waals surface area (Å²) < 4.78 is 43.7. The summed E-state index contributed by atoms with van der Waals surface area (Å²) in [7, 11) is 1.41. The van der Waals surface area contributed by atoms with Gasteiger partial charge in [0.15, 0.2) is 11.5 Å². The summed E-state index contributed by atoms with van der Waals surface area (Å²) in [6.45, 7) is 3.43. The van der Waals surface area contributed by atoms with Crippen molar-refractivity contribution in [2.75, 3.05) is 7.11 Å². The van der Waals surface area contributed by atoms with Crippen LogP contribution in [0.4, 0.5) is 13.2 Å². The molecular weight excluding hydrogens is 269 g/mol. The van der Waals surface area contributed by atoms with Crippen LogP contribution in [0.5, 0.6) is 0 Å². The molecule has 0 aliphatic carbocycles. The first kappa shape index (κ1) is 15.2. The number of methoxy groups -OCH3 is 1. The molecule has 0 spiro atoms. The monoisotopic (exact) mass is 282 g/mol. The van der Waals surface area contributed by atoms with Crippen molar-refractivity contribution in [2.24, 2.45) is 0 Å². The molecule has 3 nitrogen and oxygen atoms in total. The van der Waals surface area contributed by atoms with E-state index in [9.17, 15) is 13.2 Å². The maximum atomic E-state index is 12.8. The van der Waals surface area contributed by atoms with Gasteiger partial charge in [-0.25, -0.2) is 9.97 Å². The maximum absolute atomic E-state index is 12.8. The molecule has 7 heteroatoms. The Kier molecular flexibility index (Phi) is 4.55. The minimum absolute atomic E-state index is 0.00805. The molecule has 102 valence electrons. The Labute approximate surface area is 108 Å². The molecule has 1 atom stereocenters. The number of ether oxygens (including phenoxy) is 1. The van der Waals surface area contributed by atoms with E-state index < -0.39 is 17.5 Å². The van der Waals surface area contributed by atoms with Gasteiger partial charge in [-0.3, -0.25) is 0 Å². The molecule has 1 aromatic heterocycles. The molecule has 0 aliphatic rings. The lowest BCUT2D eigenvalue weighted by Gasteiger charge is -2.25. The predicted octanol–water partition coefficient (Wildman–Crippen LogP) is 3.51. The molecule has 0 fully saturated rings. The first-order chi connectivity index (χ1) is 8.28. The highest BCUT2D eigenvalue weighted by Crippen LogP contribution is 2.33.